The first-order valence-electron chi connectivity index (χ1n) is 8.39. The Balaban J connectivity index is 2.05. The molecule has 1 heterocycles. The largest absolute Gasteiger partial charge is 0.431 e. The highest BCUT2D eigenvalue weighted by atomic mass is 32.1. The minimum atomic E-state index is -0.371. The van der Waals surface area contributed by atoms with Gasteiger partial charge < -0.3 is 20.2 Å². The van der Waals surface area contributed by atoms with E-state index in [2.05, 4.69) is 11.9 Å². The molecule has 27 heavy (non-hydrogen) atoms. The van der Waals surface area contributed by atoms with E-state index in [1.54, 1.807) is 6.07 Å². The van der Waals surface area contributed by atoms with Gasteiger partial charge in [0.05, 0.1) is 0 Å². The van der Waals surface area contributed by atoms with Crippen molar-refractivity contribution in [3.05, 3.63) is 81.9 Å². The van der Waals surface area contributed by atoms with Crippen LogP contribution in [0.1, 0.15) is 22.3 Å². The number of nitrogens with two attached hydrogens (primary N) is 1. The molecular weight excluding hydrogens is 360 g/mol. The third-order valence-electron chi connectivity index (χ3n) is 4.34. The molecule has 0 spiro atoms. The van der Waals surface area contributed by atoms with Crippen LogP contribution in [0.2, 0.25) is 0 Å². The molecule has 0 saturated heterocycles. The van der Waals surface area contributed by atoms with E-state index in [1.807, 2.05) is 44.2 Å². The molecule has 0 bridgehead atoms. The molecule has 0 aliphatic rings. The smallest absolute Gasteiger partial charge is 0.340 e. The zero-order chi connectivity index (χ0) is 19.6. The van der Waals surface area contributed by atoms with E-state index in [4.69, 9.17) is 27.1 Å². The van der Waals surface area contributed by atoms with Crippen molar-refractivity contribution in [1.29, 1.82) is 0 Å². The Hall–Kier alpha value is -3.12. The van der Waals surface area contributed by atoms with Gasteiger partial charge in [0, 0.05) is 29.1 Å². The average Bonchev–Trinajstić information content (AvgIpc) is 2.61. The first-order chi connectivity index (χ1) is 12.9. The minimum absolute atomic E-state index is 0.171. The number of fused-ring (bicyclic) bond motifs is 1. The lowest BCUT2D eigenvalue weighted by Gasteiger charge is -2.13. The van der Waals surface area contributed by atoms with Crippen molar-refractivity contribution >= 4 is 34.0 Å². The normalized spacial score (nSPS) is 10.6. The molecule has 0 aliphatic heterocycles. The van der Waals surface area contributed by atoms with Crippen LogP contribution in [0.15, 0.2) is 58.4 Å². The first-order valence-corrected chi connectivity index (χ1v) is 8.80. The second-order valence-electron chi connectivity index (χ2n) is 6.27. The van der Waals surface area contributed by atoms with E-state index in [9.17, 15) is 4.79 Å². The van der Waals surface area contributed by atoms with Crippen LogP contribution in [-0.4, -0.2) is 5.17 Å². The number of hydrogen-bond acceptors (Lipinski definition) is 5. The Morgan fingerprint density at radius 1 is 1.33 bits per heavy atom. The monoisotopic (exact) mass is 380 g/mol. The van der Waals surface area contributed by atoms with Gasteiger partial charge in [-0.05, 0) is 67.2 Å². The van der Waals surface area contributed by atoms with Gasteiger partial charge in [-0.2, -0.15) is 0 Å². The lowest BCUT2D eigenvalue weighted by Crippen LogP contribution is -2.21. The molecule has 0 unspecified atom stereocenters. The molecule has 3 N–H and O–H groups in total. The molecule has 0 radical (unpaired) electrons. The standard InChI is InChI=1S/C21H20N2O3S/c1-4-23-21(27)26-18-11-19-16(8-12(18)2)13(3)17(20(24)25-19)10-14-6-5-7-15(22)9-14/h4-9,11H,1,10,22H2,2-3H3,(H,23,27). The highest BCUT2D eigenvalue weighted by Crippen LogP contribution is 2.29. The van der Waals surface area contributed by atoms with Gasteiger partial charge in [0.25, 0.3) is 5.17 Å². The van der Waals surface area contributed by atoms with E-state index in [-0.39, 0.29) is 10.8 Å². The zero-order valence-electron chi connectivity index (χ0n) is 15.2. The second-order valence-corrected chi connectivity index (χ2v) is 6.64. The molecule has 0 fully saturated rings. The van der Waals surface area contributed by atoms with Crippen molar-refractivity contribution < 1.29 is 9.15 Å². The topological polar surface area (TPSA) is 77.5 Å². The molecule has 0 atom stereocenters. The number of thiocarbonyl (C=S) groups is 1. The maximum Gasteiger partial charge on any atom is 0.340 e. The van der Waals surface area contributed by atoms with Gasteiger partial charge in [0.15, 0.2) is 0 Å². The van der Waals surface area contributed by atoms with Crippen LogP contribution in [0.5, 0.6) is 5.75 Å². The summed E-state index contributed by atoms with van der Waals surface area (Å²) in [7, 11) is 0. The summed E-state index contributed by atoms with van der Waals surface area (Å²) in [5.74, 6) is 0.521. The highest BCUT2D eigenvalue weighted by molar-refractivity contribution is 7.80. The maximum atomic E-state index is 12.6. The van der Waals surface area contributed by atoms with Gasteiger partial charge in [-0.3, -0.25) is 0 Å². The summed E-state index contributed by atoms with van der Waals surface area (Å²) >= 11 is 5.07. The SMILES string of the molecule is C=CNC(=S)Oc1cc2oc(=O)c(Cc3cccc(N)c3)c(C)c2cc1C. The van der Waals surface area contributed by atoms with Crippen molar-refractivity contribution in [3.8, 4) is 5.75 Å². The Bertz CT molecular complexity index is 1100. The van der Waals surface area contributed by atoms with Crippen LogP contribution in [0.4, 0.5) is 5.69 Å². The lowest BCUT2D eigenvalue weighted by molar-refractivity contribution is 0.528. The average molecular weight is 380 g/mol. The third-order valence-corrected chi connectivity index (χ3v) is 4.54. The number of nitrogens with one attached hydrogen (secondary N) is 1. The quantitative estimate of drug-likeness (QED) is 0.405. The van der Waals surface area contributed by atoms with Gasteiger partial charge in [0.1, 0.15) is 11.3 Å². The fourth-order valence-electron chi connectivity index (χ4n) is 2.96. The molecule has 1 aromatic heterocycles. The van der Waals surface area contributed by atoms with Crippen molar-refractivity contribution in [1.82, 2.24) is 5.32 Å². The van der Waals surface area contributed by atoms with E-state index >= 15 is 0 Å². The molecule has 0 saturated carbocycles. The molecule has 6 heteroatoms. The Kier molecular flexibility index (Phi) is 5.28. The maximum absolute atomic E-state index is 12.6. The number of benzene rings is 2. The van der Waals surface area contributed by atoms with Gasteiger partial charge in [0.2, 0.25) is 0 Å². The minimum Gasteiger partial charge on any atom is -0.431 e. The van der Waals surface area contributed by atoms with Crippen molar-refractivity contribution in [2.24, 2.45) is 0 Å². The molecule has 0 amide bonds. The summed E-state index contributed by atoms with van der Waals surface area (Å²) in [4.78, 5) is 12.6. The number of rotatable bonds is 4. The first kappa shape index (κ1) is 18.7. The zero-order valence-corrected chi connectivity index (χ0v) is 16.0. The van der Waals surface area contributed by atoms with E-state index in [0.29, 0.717) is 29.0 Å². The number of aryl methyl sites for hydroxylation is 2. The van der Waals surface area contributed by atoms with Gasteiger partial charge in [-0.25, -0.2) is 4.79 Å². The summed E-state index contributed by atoms with van der Waals surface area (Å²) in [6.45, 7) is 7.37. The summed E-state index contributed by atoms with van der Waals surface area (Å²) in [6.07, 6.45) is 1.89. The predicted molar refractivity (Wildman–Crippen MR) is 112 cm³/mol. The van der Waals surface area contributed by atoms with E-state index in [1.165, 1.54) is 6.20 Å². The number of anilines is 1. The third kappa shape index (κ3) is 4.01. The molecule has 3 rings (SSSR count). The molecule has 5 nitrogen and oxygen atoms in total. The highest BCUT2D eigenvalue weighted by Gasteiger charge is 2.15. The van der Waals surface area contributed by atoms with E-state index < -0.39 is 0 Å². The molecule has 2 aromatic carbocycles. The van der Waals surface area contributed by atoms with Gasteiger partial charge in [-0.1, -0.05) is 18.7 Å². The molecule has 0 aliphatic carbocycles. The second kappa shape index (κ2) is 7.63. The predicted octanol–water partition coefficient (Wildman–Crippen LogP) is 3.98. The summed E-state index contributed by atoms with van der Waals surface area (Å²) in [5, 5.41) is 3.74. The van der Waals surface area contributed by atoms with Crippen LogP contribution in [-0.2, 0) is 6.42 Å². The Morgan fingerprint density at radius 3 is 2.81 bits per heavy atom. The summed E-state index contributed by atoms with van der Waals surface area (Å²) < 4.78 is 11.1. The van der Waals surface area contributed by atoms with Crippen LogP contribution in [0.3, 0.4) is 0 Å². The fraction of sp³-hybridized carbons (Fsp3) is 0.143. The Labute approximate surface area is 162 Å². The van der Waals surface area contributed by atoms with E-state index in [0.717, 1.165) is 22.1 Å². The van der Waals surface area contributed by atoms with Crippen molar-refractivity contribution in [3.63, 3.8) is 0 Å². The van der Waals surface area contributed by atoms with Crippen LogP contribution >= 0.6 is 12.2 Å². The molecular formula is C21H20N2O3S. The number of nitrogen functional groups attached to an aromatic ring is 1. The fourth-order valence-corrected chi connectivity index (χ4v) is 3.13. The van der Waals surface area contributed by atoms with Crippen LogP contribution in [0.25, 0.3) is 11.0 Å². The lowest BCUT2D eigenvalue weighted by atomic mass is 9.98. The summed E-state index contributed by atoms with van der Waals surface area (Å²) in [5.41, 5.74) is 9.92. The number of ether oxygens (including phenoxy) is 1. The molecule has 138 valence electrons. The van der Waals surface area contributed by atoms with Crippen LogP contribution < -0.4 is 21.4 Å². The van der Waals surface area contributed by atoms with Crippen LogP contribution in [0, 0.1) is 13.8 Å². The molecule has 3 aromatic rings. The van der Waals surface area contributed by atoms with Crippen molar-refractivity contribution in [2.75, 3.05) is 5.73 Å². The van der Waals surface area contributed by atoms with Gasteiger partial charge in [-0.15, -0.1) is 0 Å². The summed E-state index contributed by atoms with van der Waals surface area (Å²) in [6, 6.07) is 11.1. The number of hydrogen-bond donors (Lipinski definition) is 2. The van der Waals surface area contributed by atoms with Gasteiger partial charge >= 0.3 is 5.63 Å². The van der Waals surface area contributed by atoms with Crippen molar-refractivity contribution in [2.45, 2.75) is 20.3 Å². The Morgan fingerprint density at radius 2 is 2.11 bits per heavy atom.